The number of hydrogen-bond acceptors (Lipinski definition) is 7. The van der Waals surface area contributed by atoms with Gasteiger partial charge >= 0.3 is 0 Å². The van der Waals surface area contributed by atoms with Crippen molar-refractivity contribution in [2.75, 3.05) is 11.1 Å². The minimum Gasteiger partial charge on any atom is -0.342 e. The molecule has 11 heteroatoms. The Bertz CT molecular complexity index is 1230. The Kier molecular flexibility index (Phi) is 8.00. The van der Waals surface area contributed by atoms with E-state index in [4.69, 9.17) is 0 Å². The van der Waals surface area contributed by atoms with Gasteiger partial charge in [-0.3, -0.25) is 19.7 Å². The third-order valence-corrected chi connectivity index (χ3v) is 6.19. The third-order valence-electron chi connectivity index (χ3n) is 5.22. The third kappa shape index (κ3) is 5.79. The number of carbonyl (C=O) groups excluding carboxylic acids is 2. The number of anilines is 1. The van der Waals surface area contributed by atoms with Crippen molar-refractivity contribution in [3.05, 3.63) is 75.1 Å². The van der Waals surface area contributed by atoms with E-state index in [0.717, 1.165) is 11.1 Å². The fourth-order valence-electron chi connectivity index (χ4n) is 3.37. The van der Waals surface area contributed by atoms with Gasteiger partial charge in [-0.15, -0.1) is 10.2 Å². The molecule has 1 aromatic heterocycles. The van der Waals surface area contributed by atoms with Crippen LogP contribution in [0.15, 0.2) is 47.6 Å². The summed E-state index contributed by atoms with van der Waals surface area (Å²) in [6.07, 6.45) is 0. The summed E-state index contributed by atoms with van der Waals surface area (Å²) >= 11 is 1.20. The largest absolute Gasteiger partial charge is 0.342 e. The molecule has 1 atom stereocenters. The summed E-state index contributed by atoms with van der Waals surface area (Å²) in [5.41, 5.74) is 2.50. The highest BCUT2D eigenvalue weighted by molar-refractivity contribution is 7.99. The summed E-state index contributed by atoms with van der Waals surface area (Å²) in [7, 11) is 0. The highest BCUT2D eigenvalue weighted by Gasteiger charge is 2.21. The molecule has 0 aliphatic rings. The zero-order valence-corrected chi connectivity index (χ0v) is 20.2. The molecule has 0 radical (unpaired) electrons. The molecule has 0 fully saturated rings. The topological polar surface area (TPSA) is 132 Å². The number of nitro benzene ring substituents is 1. The molecule has 10 nitrogen and oxygen atoms in total. The Labute approximate surface area is 201 Å². The lowest BCUT2D eigenvalue weighted by atomic mass is 10.1. The maximum atomic E-state index is 12.7. The number of benzene rings is 2. The predicted octanol–water partition coefficient (Wildman–Crippen LogP) is 4.04. The molecule has 34 heavy (non-hydrogen) atoms. The number of aryl methyl sites for hydroxylation is 2. The number of thioether (sulfide) groups is 1. The van der Waals surface area contributed by atoms with Crippen LogP contribution in [0.25, 0.3) is 0 Å². The number of amides is 2. The van der Waals surface area contributed by atoms with Gasteiger partial charge in [-0.2, -0.15) is 0 Å². The number of nitro groups is 1. The van der Waals surface area contributed by atoms with Crippen LogP contribution in [0.2, 0.25) is 0 Å². The molecule has 0 saturated heterocycles. The second-order valence-electron chi connectivity index (χ2n) is 7.69. The van der Waals surface area contributed by atoms with E-state index < -0.39 is 11.0 Å². The van der Waals surface area contributed by atoms with Crippen molar-refractivity contribution >= 4 is 35.0 Å². The molecule has 1 heterocycles. The number of nitrogens with zero attached hydrogens (tertiary/aromatic N) is 4. The minimum absolute atomic E-state index is 0.0458. The van der Waals surface area contributed by atoms with Crippen LogP contribution in [0, 0.1) is 24.0 Å². The normalized spacial score (nSPS) is 11.6. The summed E-state index contributed by atoms with van der Waals surface area (Å²) in [5, 5.41) is 25.6. The lowest BCUT2D eigenvalue weighted by molar-refractivity contribution is -0.384. The summed E-state index contributed by atoms with van der Waals surface area (Å²) in [5.74, 6) is 0.116. The number of nitrogens with one attached hydrogen (secondary N) is 2. The quantitative estimate of drug-likeness (QED) is 0.267. The van der Waals surface area contributed by atoms with E-state index >= 15 is 0 Å². The van der Waals surface area contributed by atoms with E-state index in [1.54, 1.807) is 19.1 Å². The highest BCUT2D eigenvalue weighted by Crippen LogP contribution is 2.24. The molecule has 2 N–H and O–H groups in total. The number of aromatic nitrogens is 3. The predicted molar refractivity (Wildman–Crippen MR) is 130 cm³/mol. The first-order valence-electron chi connectivity index (χ1n) is 10.7. The van der Waals surface area contributed by atoms with Crippen LogP contribution in [0.4, 0.5) is 11.4 Å². The fraction of sp³-hybridized carbons (Fsp3) is 0.304. The number of non-ortho nitro benzene ring substituents is 1. The van der Waals surface area contributed by atoms with Crippen LogP contribution in [0.1, 0.15) is 47.2 Å². The molecule has 0 spiro atoms. The van der Waals surface area contributed by atoms with Gasteiger partial charge in [0.1, 0.15) is 0 Å². The van der Waals surface area contributed by atoms with Gasteiger partial charge in [0.05, 0.1) is 22.4 Å². The first kappa shape index (κ1) is 24.9. The van der Waals surface area contributed by atoms with E-state index in [1.165, 1.54) is 23.9 Å². The van der Waals surface area contributed by atoms with Crippen molar-refractivity contribution in [3.8, 4) is 0 Å². The molecule has 0 aliphatic heterocycles. The maximum Gasteiger partial charge on any atom is 0.271 e. The molecule has 0 saturated carbocycles. The summed E-state index contributed by atoms with van der Waals surface area (Å²) in [6, 6.07) is 11.3. The van der Waals surface area contributed by atoms with E-state index in [0.29, 0.717) is 28.8 Å². The Morgan fingerprint density at radius 3 is 2.56 bits per heavy atom. The maximum absolute atomic E-state index is 12.7. The Hall–Kier alpha value is -3.73. The zero-order valence-electron chi connectivity index (χ0n) is 19.4. The highest BCUT2D eigenvalue weighted by atomic mass is 32.2. The van der Waals surface area contributed by atoms with Crippen LogP contribution in [0.5, 0.6) is 0 Å². The molecular formula is C23H26N6O4S. The molecule has 178 valence electrons. The molecule has 2 amide bonds. The SMILES string of the molecule is CCn1c(SCC(=O)Nc2cc([N+](=O)[O-])ccc2C)nnc1C(C)NC(=O)c1ccccc1C. The van der Waals surface area contributed by atoms with Crippen molar-refractivity contribution in [2.45, 2.75) is 45.4 Å². The molecule has 3 rings (SSSR count). The molecular weight excluding hydrogens is 456 g/mol. The van der Waals surface area contributed by atoms with E-state index in [1.807, 2.05) is 43.5 Å². The first-order valence-corrected chi connectivity index (χ1v) is 11.7. The molecule has 3 aromatic rings. The van der Waals surface area contributed by atoms with Crippen molar-refractivity contribution in [3.63, 3.8) is 0 Å². The van der Waals surface area contributed by atoms with Gasteiger partial charge in [0, 0.05) is 24.2 Å². The van der Waals surface area contributed by atoms with Crippen LogP contribution in [0.3, 0.4) is 0 Å². The van der Waals surface area contributed by atoms with Gasteiger partial charge in [-0.05, 0) is 44.9 Å². The minimum atomic E-state index is -0.506. The second-order valence-corrected chi connectivity index (χ2v) is 8.63. The number of carbonyl (C=O) groups is 2. The standard InChI is InChI=1S/C23H26N6O4S/c1-5-28-21(16(4)24-22(31)18-9-7-6-8-14(18)2)26-27-23(28)34-13-20(30)25-19-12-17(29(32)33)11-10-15(19)3/h6-12,16H,5,13H2,1-4H3,(H,24,31)(H,25,30). The van der Waals surface area contributed by atoms with Gasteiger partial charge < -0.3 is 15.2 Å². The van der Waals surface area contributed by atoms with Gasteiger partial charge in [-0.1, -0.05) is 36.0 Å². The van der Waals surface area contributed by atoms with Crippen molar-refractivity contribution < 1.29 is 14.5 Å². The zero-order chi connectivity index (χ0) is 24.8. The molecule has 2 aromatic carbocycles. The van der Waals surface area contributed by atoms with Gasteiger partial charge in [0.2, 0.25) is 5.91 Å². The number of hydrogen-bond donors (Lipinski definition) is 2. The lowest BCUT2D eigenvalue weighted by Crippen LogP contribution is -2.29. The van der Waals surface area contributed by atoms with Crippen molar-refractivity contribution in [1.82, 2.24) is 20.1 Å². The number of rotatable bonds is 9. The van der Waals surface area contributed by atoms with E-state index in [9.17, 15) is 19.7 Å². The van der Waals surface area contributed by atoms with Crippen molar-refractivity contribution in [2.24, 2.45) is 0 Å². The van der Waals surface area contributed by atoms with Gasteiger partial charge in [0.15, 0.2) is 11.0 Å². The monoisotopic (exact) mass is 482 g/mol. The smallest absolute Gasteiger partial charge is 0.271 e. The van der Waals surface area contributed by atoms with Crippen LogP contribution < -0.4 is 10.6 Å². The van der Waals surface area contributed by atoms with Crippen LogP contribution in [-0.4, -0.2) is 37.3 Å². The van der Waals surface area contributed by atoms with Gasteiger partial charge in [0.25, 0.3) is 11.6 Å². The average molecular weight is 483 g/mol. The Morgan fingerprint density at radius 2 is 1.88 bits per heavy atom. The van der Waals surface area contributed by atoms with Crippen LogP contribution in [-0.2, 0) is 11.3 Å². The first-order chi connectivity index (χ1) is 16.2. The Balaban J connectivity index is 1.66. The van der Waals surface area contributed by atoms with Crippen LogP contribution >= 0.6 is 11.8 Å². The molecule has 1 unspecified atom stereocenters. The van der Waals surface area contributed by atoms with Gasteiger partial charge in [-0.25, -0.2) is 0 Å². The second kappa shape index (κ2) is 10.9. The lowest BCUT2D eigenvalue weighted by Gasteiger charge is -2.16. The van der Waals surface area contributed by atoms with E-state index in [-0.39, 0.29) is 23.3 Å². The molecule has 0 aliphatic carbocycles. The summed E-state index contributed by atoms with van der Waals surface area (Å²) < 4.78 is 1.85. The fourth-order valence-corrected chi connectivity index (χ4v) is 4.17. The van der Waals surface area contributed by atoms with Crippen molar-refractivity contribution in [1.29, 1.82) is 0 Å². The average Bonchev–Trinajstić information content (AvgIpc) is 3.22. The summed E-state index contributed by atoms with van der Waals surface area (Å²) in [6.45, 7) is 7.96. The summed E-state index contributed by atoms with van der Waals surface area (Å²) in [4.78, 5) is 35.6. The molecule has 0 bridgehead atoms. The Morgan fingerprint density at radius 1 is 1.15 bits per heavy atom. The van der Waals surface area contributed by atoms with E-state index in [2.05, 4.69) is 20.8 Å².